The molecule has 1 aliphatic heterocycles. The van der Waals surface area contributed by atoms with Crippen molar-refractivity contribution in [3.8, 4) is 0 Å². The van der Waals surface area contributed by atoms with Crippen LogP contribution < -0.4 is 10.5 Å². The molecule has 6 heteroatoms. The Morgan fingerprint density at radius 2 is 2.29 bits per heavy atom. The fraction of sp³-hybridized carbons (Fsp3) is 0.733. The van der Waals surface area contributed by atoms with Gasteiger partial charge >= 0.3 is 0 Å². The van der Waals surface area contributed by atoms with Crippen LogP contribution in [0, 0.1) is 11.8 Å². The van der Waals surface area contributed by atoms with Gasteiger partial charge in [-0.2, -0.15) is 17.7 Å². The van der Waals surface area contributed by atoms with E-state index in [2.05, 4.69) is 36.5 Å². The molecule has 1 aromatic rings. The van der Waals surface area contributed by atoms with Gasteiger partial charge in [-0.25, -0.2) is 4.68 Å². The number of thiol groups is 1. The Hall–Kier alpha value is -1.01. The summed E-state index contributed by atoms with van der Waals surface area (Å²) in [6.45, 7) is 6.66. The molecule has 0 amide bonds. The number of aromatic nitrogens is 2. The molecule has 2 heterocycles. The second-order valence-electron chi connectivity index (χ2n) is 6.01. The summed E-state index contributed by atoms with van der Waals surface area (Å²) in [4.78, 5) is 14.4. The Labute approximate surface area is 131 Å². The average Bonchev–Trinajstić information content (AvgIpc) is 2.94. The van der Waals surface area contributed by atoms with Crippen LogP contribution in [0.15, 0.2) is 17.1 Å². The van der Waals surface area contributed by atoms with E-state index >= 15 is 0 Å². The van der Waals surface area contributed by atoms with Crippen LogP contribution in [0.4, 0.5) is 5.69 Å². The lowest BCUT2D eigenvalue weighted by Gasteiger charge is -2.21. The predicted molar refractivity (Wildman–Crippen MR) is 88.3 cm³/mol. The van der Waals surface area contributed by atoms with E-state index in [0.717, 1.165) is 31.0 Å². The first kappa shape index (κ1) is 16.4. The lowest BCUT2D eigenvalue weighted by atomic mass is 9.98. The number of nitrogens with zero attached hydrogens (tertiary/aromatic N) is 3. The summed E-state index contributed by atoms with van der Waals surface area (Å²) in [5.41, 5.74) is 0.851. The lowest BCUT2D eigenvalue weighted by Crippen LogP contribution is -2.30. The summed E-state index contributed by atoms with van der Waals surface area (Å²) in [5.74, 6) is 1.60. The molecule has 0 radical (unpaired) electrons. The van der Waals surface area contributed by atoms with Crippen LogP contribution in [-0.4, -0.2) is 41.8 Å². The molecule has 118 valence electrons. The summed E-state index contributed by atoms with van der Waals surface area (Å²) >= 11 is 4.37. The summed E-state index contributed by atoms with van der Waals surface area (Å²) in [6, 6.07) is 1.68. The highest BCUT2D eigenvalue weighted by Gasteiger charge is 2.23. The van der Waals surface area contributed by atoms with Crippen molar-refractivity contribution >= 4 is 18.3 Å². The topological polar surface area (TPSA) is 47.4 Å². The van der Waals surface area contributed by atoms with Crippen molar-refractivity contribution in [2.24, 2.45) is 11.8 Å². The zero-order valence-electron chi connectivity index (χ0n) is 13.0. The zero-order valence-corrected chi connectivity index (χ0v) is 13.9. The monoisotopic (exact) mass is 311 g/mol. The van der Waals surface area contributed by atoms with Crippen LogP contribution in [-0.2, 0) is 11.3 Å². The van der Waals surface area contributed by atoms with E-state index in [-0.39, 0.29) is 11.7 Å². The summed E-state index contributed by atoms with van der Waals surface area (Å²) < 4.78 is 6.91. The van der Waals surface area contributed by atoms with Crippen molar-refractivity contribution in [3.63, 3.8) is 0 Å². The molecular formula is C15H25N3O2S. The molecule has 0 saturated carbocycles. The van der Waals surface area contributed by atoms with Gasteiger partial charge in [-0.05, 0) is 24.0 Å². The fourth-order valence-electron chi connectivity index (χ4n) is 2.59. The van der Waals surface area contributed by atoms with Gasteiger partial charge in [-0.3, -0.25) is 4.79 Å². The van der Waals surface area contributed by atoms with Crippen LogP contribution in [0.5, 0.6) is 0 Å². The second-order valence-corrected chi connectivity index (χ2v) is 6.38. The summed E-state index contributed by atoms with van der Waals surface area (Å²) in [7, 11) is 1.73. The highest BCUT2D eigenvalue weighted by atomic mass is 32.1. The molecule has 1 aromatic heterocycles. The maximum Gasteiger partial charge on any atom is 0.268 e. The van der Waals surface area contributed by atoms with Crippen molar-refractivity contribution in [1.29, 1.82) is 0 Å². The van der Waals surface area contributed by atoms with Gasteiger partial charge in [-0.1, -0.05) is 13.8 Å². The quantitative estimate of drug-likeness (QED) is 0.812. The summed E-state index contributed by atoms with van der Waals surface area (Å²) in [6.07, 6.45) is 3.03. The zero-order chi connectivity index (χ0) is 15.4. The third kappa shape index (κ3) is 4.01. The van der Waals surface area contributed by atoms with Gasteiger partial charge in [0.1, 0.15) is 0 Å². The van der Waals surface area contributed by atoms with Crippen molar-refractivity contribution < 1.29 is 4.74 Å². The molecule has 21 heavy (non-hydrogen) atoms. The molecule has 0 spiro atoms. The second kappa shape index (κ2) is 7.31. The minimum Gasteiger partial charge on any atom is -0.380 e. The van der Waals surface area contributed by atoms with E-state index in [1.165, 1.54) is 0 Å². The third-order valence-electron chi connectivity index (χ3n) is 4.28. The predicted octanol–water partition coefficient (Wildman–Crippen LogP) is 1.67. The van der Waals surface area contributed by atoms with Gasteiger partial charge < -0.3 is 9.64 Å². The molecular weight excluding hydrogens is 286 g/mol. The molecule has 0 aromatic carbocycles. The van der Waals surface area contributed by atoms with Gasteiger partial charge in [0.15, 0.2) is 0 Å². The Bertz CT molecular complexity index is 518. The van der Waals surface area contributed by atoms with E-state index in [1.807, 2.05) is 0 Å². The third-order valence-corrected chi connectivity index (χ3v) is 4.75. The minimum absolute atomic E-state index is 0.0409. The number of ether oxygens (including phenoxy) is 1. The molecule has 2 unspecified atom stereocenters. The molecule has 2 rings (SSSR count). The Kier molecular flexibility index (Phi) is 5.70. The van der Waals surface area contributed by atoms with E-state index in [4.69, 9.17) is 4.74 Å². The largest absolute Gasteiger partial charge is 0.380 e. The van der Waals surface area contributed by atoms with Crippen LogP contribution in [0.1, 0.15) is 20.3 Å². The van der Waals surface area contributed by atoms with Crippen LogP contribution in [0.25, 0.3) is 0 Å². The molecule has 2 atom stereocenters. The number of rotatable bonds is 6. The first-order valence-corrected chi connectivity index (χ1v) is 8.14. The minimum atomic E-state index is -0.0409. The van der Waals surface area contributed by atoms with Gasteiger partial charge in [0.25, 0.3) is 5.56 Å². The maximum atomic E-state index is 12.2. The van der Waals surface area contributed by atoms with Crippen molar-refractivity contribution in [1.82, 2.24) is 9.78 Å². The van der Waals surface area contributed by atoms with E-state index in [9.17, 15) is 4.79 Å². The molecule has 0 bridgehead atoms. The standard InChI is InChI=1S/C15H25N3O2S/c1-11(2)12(10-21)8-18-15(19)6-13(7-16-18)17-5-4-14(9-17)20-3/h6-7,11-12,14,21H,4-5,8-10H2,1-3H3. The molecule has 1 saturated heterocycles. The molecule has 0 N–H and O–H groups in total. The smallest absolute Gasteiger partial charge is 0.268 e. The first-order chi connectivity index (χ1) is 10.0. The molecule has 1 fully saturated rings. The van der Waals surface area contributed by atoms with Crippen molar-refractivity contribution in [2.75, 3.05) is 30.9 Å². The molecule has 5 nitrogen and oxygen atoms in total. The summed E-state index contributed by atoms with van der Waals surface area (Å²) in [5, 5.41) is 4.33. The normalized spacial score (nSPS) is 20.2. The Morgan fingerprint density at radius 3 is 2.81 bits per heavy atom. The van der Waals surface area contributed by atoms with Crippen LogP contribution >= 0.6 is 12.6 Å². The van der Waals surface area contributed by atoms with Crippen molar-refractivity contribution in [2.45, 2.75) is 32.9 Å². The van der Waals surface area contributed by atoms with Gasteiger partial charge in [0.2, 0.25) is 0 Å². The van der Waals surface area contributed by atoms with Gasteiger partial charge in [0, 0.05) is 32.8 Å². The Morgan fingerprint density at radius 1 is 1.52 bits per heavy atom. The van der Waals surface area contributed by atoms with Gasteiger partial charge in [-0.15, -0.1) is 0 Å². The Balaban J connectivity index is 2.09. The van der Waals surface area contributed by atoms with E-state index in [0.29, 0.717) is 18.4 Å². The van der Waals surface area contributed by atoms with Crippen LogP contribution in [0.2, 0.25) is 0 Å². The fourth-order valence-corrected chi connectivity index (χ4v) is 3.13. The average molecular weight is 311 g/mol. The molecule has 1 aliphatic rings. The number of methoxy groups -OCH3 is 1. The highest BCUT2D eigenvalue weighted by molar-refractivity contribution is 7.80. The first-order valence-electron chi connectivity index (χ1n) is 7.51. The highest BCUT2D eigenvalue weighted by Crippen LogP contribution is 2.19. The molecule has 0 aliphatic carbocycles. The lowest BCUT2D eigenvalue weighted by molar-refractivity contribution is 0.121. The SMILES string of the molecule is COC1CCN(c2cnn(CC(CS)C(C)C)c(=O)c2)C1. The van der Waals surface area contributed by atoms with E-state index < -0.39 is 0 Å². The van der Waals surface area contributed by atoms with E-state index in [1.54, 1.807) is 24.1 Å². The van der Waals surface area contributed by atoms with Gasteiger partial charge in [0.05, 0.1) is 18.0 Å². The number of hydrogen-bond acceptors (Lipinski definition) is 5. The number of hydrogen-bond donors (Lipinski definition) is 1. The van der Waals surface area contributed by atoms with Crippen LogP contribution in [0.3, 0.4) is 0 Å². The van der Waals surface area contributed by atoms with Crippen molar-refractivity contribution in [3.05, 3.63) is 22.6 Å². The maximum absolute atomic E-state index is 12.2. The number of anilines is 1.